The third-order valence-corrected chi connectivity index (χ3v) is 3.29. The minimum atomic E-state index is -0.537. The molecule has 1 aromatic rings. The molecule has 0 saturated carbocycles. The Labute approximate surface area is 118 Å². The Morgan fingerprint density at radius 2 is 2.25 bits per heavy atom. The molecule has 0 heterocycles. The Balaban J connectivity index is 3.14. The van der Waals surface area contributed by atoms with Crippen molar-refractivity contribution in [2.45, 2.75) is 26.3 Å². The van der Waals surface area contributed by atoms with Crippen molar-refractivity contribution in [3.8, 4) is 6.07 Å². The second-order valence-corrected chi connectivity index (χ2v) is 4.51. The van der Waals surface area contributed by atoms with Crippen molar-refractivity contribution < 1.29 is 9.66 Å². The summed E-state index contributed by atoms with van der Waals surface area (Å²) in [6.45, 7) is 5.38. The maximum atomic E-state index is 10.8. The number of nitro groups is 1. The molecule has 1 aromatic carbocycles. The fourth-order valence-corrected chi connectivity index (χ4v) is 1.97. The van der Waals surface area contributed by atoms with E-state index in [1.807, 2.05) is 6.07 Å². The van der Waals surface area contributed by atoms with Gasteiger partial charge in [0.15, 0.2) is 0 Å². The Morgan fingerprint density at radius 3 is 2.75 bits per heavy atom. The summed E-state index contributed by atoms with van der Waals surface area (Å²) in [5.41, 5.74) is 0.726. The molecule has 0 bridgehead atoms. The van der Waals surface area contributed by atoms with E-state index >= 15 is 0 Å². The lowest BCUT2D eigenvalue weighted by molar-refractivity contribution is -0.385. The van der Waals surface area contributed by atoms with Crippen LogP contribution in [0, 0.1) is 21.4 Å². The van der Waals surface area contributed by atoms with Gasteiger partial charge in [-0.15, -0.1) is 0 Å². The Hall–Kier alpha value is -2.13. The average molecular weight is 277 g/mol. The molecule has 108 valence electrons. The van der Waals surface area contributed by atoms with Gasteiger partial charge in [0.25, 0.3) is 5.69 Å². The van der Waals surface area contributed by atoms with Crippen LogP contribution in [-0.4, -0.2) is 31.2 Å². The third-order valence-electron chi connectivity index (χ3n) is 3.29. The number of hydrogen-bond acceptors (Lipinski definition) is 5. The van der Waals surface area contributed by atoms with Crippen LogP contribution in [0.15, 0.2) is 18.2 Å². The monoisotopic (exact) mass is 277 g/mol. The van der Waals surface area contributed by atoms with Crippen LogP contribution in [0.1, 0.15) is 25.8 Å². The Morgan fingerprint density at radius 1 is 1.55 bits per heavy atom. The van der Waals surface area contributed by atoms with Gasteiger partial charge in [0, 0.05) is 31.5 Å². The van der Waals surface area contributed by atoms with Crippen LogP contribution in [0.25, 0.3) is 0 Å². The third kappa shape index (κ3) is 3.68. The number of benzene rings is 1. The van der Waals surface area contributed by atoms with Crippen LogP contribution < -0.4 is 4.90 Å². The normalized spacial score (nSPS) is 11.7. The zero-order chi connectivity index (χ0) is 15.1. The predicted octanol–water partition coefficient (Wildman–Crippen LogP) is 2.72. The lowest BCUT2D eigenvalue weighted by Crippen LogP contribution is -2.35. The van der Waals surface area contributed by atoms with Crippen molar-refractivity contribution in [1.29, 1.82) is 5.26 Å². The molecule has 0 aliphatic heterocycles. The standard InChI is InChI=1S/C14H19N3O3/c1-4-11(2)16(7-8-20-3)13-5-6-14(17(18)19)12(9-13)10-15/h5-6,9,11H,4,7-8H2,1-3H3. The number of nitro benzene ring substituents is 1. The minimum absolute atomic E-state index is 0.0817. The summed E-state index contributed by atoms with van der Waals surface area (Å²) < 4.78 is 5.09. The molecule has 0 aromatic heterocycles. The predicted molar refractivity (Wildman–Crippen MR) is 76.8 cm³/mol. The highest BCUT2D eigenvalue weighted by molar-refractivity contribution is 5.60. The van der Waals surface area contributed by atoms with Crippen molar-refractivity contribution in [3.05, 3.63) is 33.9 Å². The highest BCUT2D eigenvalue weighted by Crippen LogP contribution is 2.26. The van der Waals surface area contributed by atoms with Gasteiger partial charge in [0.05, 0.1) is 11.5 Å². The zero-order valence-electron chi connectivity index (χ0n) is 12.0. The van der Waals surface area contributed by atoms with Crippen LogP contribution >= 0.6 is 0 Å². The molecule has 1 atom stereocenters. The minimum Gasteiger partial charge on any atom is -0.383 e. The molecule has 0 radical (unpaired) electrons. The average Bonchev–Trinajstić information content (AvgIpc) is 2.46. The van der Waals surface area contributed by atoms with E-state index in [1.165, 1.54) is 6.07 Å². The molecule has 20 heavy (non-hydrogen) atoms. The van der Waals surface area contributed by atoms with Crippen LogP contribution in [0.2, 0.25) is 0 Å². The number of anilines is 1. The summed E-state index contributed by atoms with van der Waals surface area (Å²) in [6.07, 6.45) is 0.933. The van der Waals surface area contributed by atoms with Crippen LogP contribution in [0.3, 0.4) is 0 Å². The summed E-state index contributed by atoms with van der Waals surface area (Å²) in [6, 6.07) is 6.78. The van der Waals surface area contributed by atoms with E-state index in [9.17, 15) is 10.1 Å². The highest BCUT2D eigenvalue weighted by Gasteiger charge is 2.18. The van der Waals surface area contributed by atoms with E-state index in [4.69, 9.17) is 10.00 Å². The second kappa shape index (κ2) is 7.46. The Bertz CT molecular complexity index is 511. The van der Waals surface area contributed by atoms with E-state index in [-0.39, 0.29) is 17.3 Å². The van der Waals surface area contributed by atoms with Gasteiger partial charge >= 0.3 is 0 Å². The largest absolute Gasteiger partial charge is 0.383 e. The number of ether oxygens (including phenoxy) is 1. The van der Waals surface area contributed by atoms with E-state index in [0.717, 1.165) is 12.1 Å². The second-order valence-electron chi connectivity index (χ2n) is 4.51. The maximum absolute atomic E-state index is 10.8. The fourth-order valence-electron chi connectivity index (χ4n) is 1.97. The van der Waals surface area contributed by atoms with Gasteiger partial charge in [-0.05, 0) is 25.5 Å². The summed E-state index contributed by atoms with van der Waals surface area (Å²) >= 11 is 0. The van der Waals surface area contributed by atoms with Crippen LogP contribution in [0.4, 0.5) is 11.4 Å². The number of rotatable bonds is 7. The first-order chi connectivity index (χ1) is 9.54. The quantitative estimate of drug-likeness (QED) is 0.565. The number of nitrogens with zero attached hydrogens (tertiary/aromatic N) is 3. The van der Waals surface area contributed by atoms with E-state index in [0.29, 0.717) is 13.2 Å². The molecule has 6 heteroatoms. The number of methoxy groups -OCH3 is 1. The summed E-state index contributed by atoms with van der Waals surface area (Å²) in [5, 5.41) is 19.9. The molecule has 6 nitrogen and oxygen atoms in total. The maximum Gasteiger partial charge on any atom is 0.287 e. The van der Waals surface area contributed by atoms with Crippen LogP contribution in [-0.2, 0) is 4.74 Å². The summed E-state index contributed by atoms with van der Waals surface area (Å²) in [7, 11) is 1.63. The van der Waals surface area contributed by atoms with Crippen molar-refractivity contribution >= 4 is 11.4 Å². The van der Waals surface area contributed by atoms with Gasteiger partial charge in [0.2, 0.25) is 0 Å². The number of nitriles is 1. The Kier molecular flexibility index (Phi) is 5.94. The van der Waals surface area contributed by atoms with Crippen molar-refractivity contribution in [3.63, 3.8) is 0 Å². The van der Waals surface area contributed by atoms with Gasteiger partial charge in [-0.1, -0.05) is 6.92 Å². The first-order valence-corrected chi connectivity index (χ1v) is 6.49. The molecular formula is C14H19N3O3. The molecule has 1 unspecified atom stereocenters. The van der Waals surface area contributed by atoms with Crippen LogP contribution in [0.5, 0.6) is 0 Å². The van der Waals surface area contributed by atoms with E-state index in [2.05, 4.69) is 18.7 Å². The molecule has 0 saturated heterocycles. The van der Waals surface area contributed by atoms with E-state index < -0.39 is 4.92 Å². The smallest absolute Gasteiger partial charge is 0.287 e. The lowest BCUT2D eigenvalue weighted by atomic mass is 10.1. The summed E-state index contributed by atoms with van der Waals surface area (Å²) in [5.74, 6) is 0. The molecule has 0 fully saturated rings. The molecule has 1 rings (SSSR count). The molecule has 0 N–H and O–H groups in total. The number of hydrogen-bond donors (Lipinski definition) is 0. The fraction of sp³-hybridized carbons (Fsp3) is 0.500. The van der Waals surface area contributed by atoms with Crippen molar-refractivity contribution in [1.82, 2.24) is 0 Å². The lowest BCUT2D eigenvalue weighted by Gasteiger charge is -2.30. The van der Waals surface area contributed by atoms with Gasteiger partial charge in [-0.25, -0.2) is 0 Å². The highest BCUT2D eigenvalue weighted by atomic mass is 16.6. The molecule has 0 amide bonds. The van der Waals surface area contributed by atoms with Crippen molar-refractivity contribution in [2.24, 2.45) is 0 Å². The first kappa shape index (κ1) is 15.9. The van der Waals surface area contributed by atoms with E-state index in [1.54, 1.807) is 19.2 Å². The summed E-state index contributed by atoms with van der Waals surface area (Å²) in [4.78, 5) is 12.4. The SMILES string of the molecule is CCC(C)N(CCOC)c1ccc([N+](=O)[O-])c(C#N)c1. The zero-order valence-corrected chi connectivity index (χ0v) is 12.0. The van der Waals surface area contributed by atoms with Gasteiger partial charge < -0.3 is 9.64 Å². The molecule has 0 aliphatic rings. The topological polar surface area (TPSA) is 79.4 Å². The van der Waals surface area contributed by atoms with Crippen molar-refractivity contribution in [2.75, 3.05) is 25.2 Å². The first-order valence-electron chi connectivity index (χ1n) is 6.49. The van der Waals surface area contributed by atoms with Gasteiger partial charge in [0.1, 0.15) is 11.6 Å². The molecule has 0 aliphatic carbocycles. The molecular weight excluding hydrogens is 258 g/mol. The van der Waals surface area contributed by atoms with Gasteiger partial charge in [-0.3, -0.25) is 10.1 Å². The molecule has 0 spiro atoms. The van der Waals surface area contributed by atoms with Gasteiger partial charge in [-0.2, -0.15) is 5.26 Å².